The summed E-state index contributed by atoms with van der Waals surface area (Å²) in [6.07, 6.45) is 7.36. The van der Waals surface area contributed by atoms with E-state index in [1.54, 1.807) is 12.1 Å². The van der Waals surface area contributed by atoms with Crippen LogP contribution in [0.3, 0.4) is 0 Å². The second-order valence-electron chi connectivity index (χ2n) is 4.78. The average Bonchev–Trinajstić information content (AvgIpc) is 2.49. The number of carbonyl (C=O) groups excluding carboxylic acids is 1. The lowest BCUT2D eigenvalue weighted by Gasteiger charge is -2.15. The van der Waals surface area contributed by atoms with Crippen LogP contribution in [0, 0.1) is 0 Å². The van der Waals surface area contributed by atoms with Crippen molar-refractivity contribution in [3.8, 4) is 0 Å². The van der Waals surface area contributed by atoms with Gasteiger partial charge in [-0.1, -0.05) is 42.5 Å². The lowest BCUT2D eigenvalue weighted by Crippen LogP contribution is -2.22. The van der Waals surface area contributed by atoms with E-state index in [1.165, 1.54) is 38.2 Å². The summed E-state index contributed by atoms with van der Waals surface area (Å²) in [5, 5.41) is 8.53. The number of halogens is 2. The monoisotopic (exact) mass is 348 g/mol. The minimum absolute atomic E-state index is 0.278. The number of carboxylic acid groups (broad SMARTS) is 1. The Labute approximate surface area is 140 Å². The smallest absolute Gasteiger partial charge is 0.317 e. The summed E-state index contributed by atoms with van der Waals surface area (Å²) in [4.78, 5) is 19.5. The molecule has 22 heavy (non-hydrogen) atoms. The fraction of sp³-hybridized carbons (Fsp3) is 0.467. The Hall–Kier alpha value is -1.14. The maximum atomic E-state index is 10.2. The zero-order valence-corrected chi connectivity index (χ0v) is 13.8. The maximum absolute atomic E-state index is 10.2. The zero-order chi connectivity index (χ0) is 17.0. The predicted molar refractivity (Wildman–Crippen MR) is 89.6 cm³/mol. The molecule has 1 aliphatic rings. The molecule has 1 aromatic rings. The van der Waals surface area contributed by atoms with Crippen molar-refractivity contribution < 1.29 is 14.7 Å². The highest BCUT2D eigenvalue weighted by Crippen LogP contribution is 2.18. The Balaban J connectivity index is 0.000000322. The van der Waals surface area contributed by atoms with Gasteiger partial charge in [0.25, 0.3) is 0 Å². The molecule has 5 nitrogen and oxygen atoms in total. The molecular weight excluding hydrogens is 327 g/mol. The number of aldehydes is 1. The average molecular weight is 349 g/mol. The Morgan fingerprint density at radius 3 is 2.14 bits per heavy atom. The summed E-state index contributed by atoms with van der Waals surface area (Å²) in [5.74, 6) is -0.968. The summed E-state index contributed by atoms with van der Waals surface area (Å²) >= 11 is 11.2. The van der Waals surface area contributed by atoms with Gasteiger partial charge in [-0.25, -0.2) is 0 Å². The molecule has 0 spiro atoms. The van der Waals surface area contributed by atoms with Crippen molar-refractivity contribution in [1.29, 1.82) is 0 Å². The third kappa shape index (κ3) is 10.6. The molecule has 2 rings (SSSR count). The molecule has 0 aromatic heterocycles. The molecular formula is C15H22Cl2N2O3. The lowest BCUT2D eigenvalue weighted by atomic mass is 9.97. The summed E-state index contributed by atoms with van der Waals surface area (Å²) in [5.41, 5.74) is 10.7. The second kappa shape index (κ2) is 12.4. The molecule has 0 amide bonds. The van der Waals surface area contributed by atoms with Gasteiger partial charge in [0.1, 0.15) is 0 Å². The van der Waals surface area contributed by atoms with Gasteiger partial charge in [-0.2, -0.15) is 0 Å². The van der Waals surface area contributed by atoms with Crippen LogP contribution in [0.25, 0.3) is 0 Å². The van der Waals surface area contributed by atoms with Crippen LogP contribution in [0.5, 0.6) is 0 Å². The van der Waals surface area contributed by atoms with Gasteiger partial charge < -0.3 is 16.6 Å². The van der Waals surface area contributed by atoms with E-state index in [2.05, 4.69) is 5.73 Å². The highest BCUT2D eigenvalue weighted by molar-refractivity contribution is 6.36. The number of nitrogens with two attached hydrogens (primary N) is 2. The van der Waals surface area contributed by atoms with Gasteiger partial charge in [0.15, 0.2) is 6.29 Å². The van der Waals surface area contributed by atoms with Crippen LogP contribution < -0.4 is 11.5 Å². The van der Waals surface area contributed by atoms with Crippen LogP contribution in [0.1, 0.15) is 42.5 Å². The zero-order valence-electron chi connectivity index (χ0n) is 12.3. The van der Waals surface area contributed by atoms with E-state index in [9.17, 15) is 9.59 Å². The van der Waals surface area contributed by atoms with E-state index in [0.29, 0.717) is 27.9 Å². The van der Waals surface area contributed by atoms with Crippen molar-refractivity contribution in [2.75, 3.05) is 6.54 Å². The quantitative estimate of drug-likeness (QED) is 0.711. The summed E-state index contributed by atoms with van der Waals surface area (Å²) in [6, 6.07) is 5.27. The summed E-state index contributed by atoms with van der Waals surface area (Å²) < 4.78 is 0. The SMILES string of the molecule is NC1CCCCC1.NCC(=O)O.O=Cc1ccc(Cl)cc1Cl. The van der Waals surface area contributed by atoms with Gasteiger partial charge in [0.2, 0.25) is 0 Å². The van der Waals surface area contributed by atoms with Crippen molar-refractivity contribution in [2.24, 2.45) is 11.5 Å². The third-order valence-electron chi connectivity index (χ3n) is 2.91. The summed E-state index contributed by atoms with van der Waals surface area (Å²) in [7, 11) is 0. The third-order valence-corrected chi connectivity index (χ3v) is 3.48. The van der Waals surface area contributed by atoms with Crippen LogP contribution in [0.4, 0.5) is 0 Å². The topological polar surface area (TPSA) is 106 Å². The van der Waals surface area contributed by atoms with Crippen LogP contribution in [-0.2, 0) is 4.79 Å². The predicted octanol–water partition coefficient (Wildman–Crippen LogP) is 3.11. The van der Waals surface area contributed by atoms with Crippen LogP contribution in [-0.4, -0.2) is 29.9 Å². The van der Waals surface area contributed by atoms with Crippen molar-refractivity contribution in [3.63, 3.8) is 0 Å². The molecule has 0 heterocycles. The molecule has 1 fully saturated rings. The number of rotatable bonds is 2. The fourth-order valence-electron chi connectivity index (χ4n) is 1.73. The van der Waals surface area contributed by atoms with Crippen molar-refractivity contribution in [1.82, 2.24) is 0 Å². The molecule has 1 aliphatic carbocycles. The molecule has 7 heteroatoms. The number of carboxylic acids is 1. The Morgan fingerprint density at radius 2 is 1.82 bits per heavy atom. The van der Waals surface area contributed by atoms with Gasteiger partial charge in [0.05, 0.1) is 11.6 Å². The fourth-order valence-corrected chi connectivity index (χ4v) is 2.18. The van der Waals surface area contributed by atoms with E-state index in [1.807, 2.05) is 0 Å². The van der Waals surface area contributed by atoms with Gasteiger partial charge in [-0.15, -0.1) is 0 Å². The normalized spacial score (nSPS) is 14.0. The number of aliphatic carboxylic acids is 1. The molecule has 124 valence electrons. The highest BCUT2D eigenvalue weighted by Gasteiger charge is 2.06. The molecule has 0 atom stereocenters. The molecule has 1 saturated carbocycles. The van der Waals surface area contributed by atoms with E-state index in [4.69, 9.17) is 34.0 Å². The molecule has 5 N–H and O–H groups in total. The van der Waals surface area contributed by atoms with Crippen molar-refractivity contribution in [3.05, 3.63) is 33.8 Å². The number of hydrogen-bond donors (Lipinski definition) is 3. The van der Waals surface area contributed by atoms with E-state index in [0.717, 1.165) is 0 Å². The number of hydrogen-bond acceptors (Lipinski definition) is 4. The van der Waals surface area contributed by atoms with E-state index < -0.39 is 5.97 Å². The number of benzene rings is 1. The van der Waals surface area contributed by atoms with Gasteiger partial charge in [-0.05, 0) is 31.0 Å². The summed E-state index contributed by atoms with van der Waals surface area (Å²) in [6.45, 7) is -0.278. The van der Waals surface area contributed by atoms with Crippen molar-refractivity contribution in [2.45, 2.75) is 38.1 Å². The molecule has 0 radical (unpaired) electrons. The van der Waals surface area contributed by atoms with Crippen molar-refractivity contribution >= 4 is 35.5 Å². The minimum atomic E-state index is -0.968. The van der Waals surface area contributed by atoms with Crippen LogP contribution in [0.15, 0.2) is 18.2 Å². The first kappa shape index (κ1) is 20.9. The van der Waals surface area contributed by atoms with E-state index >= 15 is 0 Å². The Morgan fingerprint density at radius 1 is 1.27 bits per heavy atom. The molecule has 0 bridgehead atoms. The van der Waals surface area contributed by atoms with Gasteiger partial charge >= 0.3 is 5.97 Å². The Bertz CT molecular complexity index is 464. The van der Waals surface area contributed by atoms with E-state index in [-0.39, 0.29) is 6.54 Å². The largest absolute Gasteiger partial charge is 0.480 e. The standard InChI is InChI=1S/C7H4Cl2O.C6H13N.C2H5NO2/c8-6-2-1-5(4-10)7(9)3-6;7-6-4-2-1-3-5-6;3-1-2(4)5/h1-4H;6H,1-5,7H2;1,3H2,(H,4,5). The molecule has 1 aromatic carbocycles. The highest BCUT2D eigenvalue weighted by atomic mass is 35.5. The first-order valence-electron chi connectivity index (χ1n) is 6.98. The van der Waals surface area contributed by atoms with Gasteiger partial charge in [0, 0.05) is 16.6 Å². The van der Waals surface area contributed by atoms with Gasteiger partial charge in [-0.3, -0.25) is 9.59 Å². The lowest BCUT2D eigenvalue weighted by molar-refractivity contribution is -0.135. The second-order valence-corrected chi connectivity index (χ2v) is 5.62. The first-order chi connectivity index (χ1) is 10.4. The maximum Gasteiger partial charge on any atom is 0.317 e. The molecule has 0 unspecified atom stereocenters. The van der Waals surface area contributed by atoms with Crippen LogP contribution >= 0.6 is 23.2 Å². The Kier molecular flexibility index (Phi) is 11.8. The molecule has 0 saturated heterocycles. The van der Waals surface area contributed by atoms with Crippen LogP contribution in [0.2, 0.25) is 10.0 Å². The number of carbonyl (C=O) groups is 2. The minimum Gasteiger partial charge on any atom is -0.480 e. The molecule has 0 aliphatic heterocycles. The first-order valence-corrected chi connectivity index (χ1v) is 7.74.